The minimum Gasteiger partial charge on any atom is -0.377 e. The maximum Gasteiger partial charge on any atom is 0.219 e. The standard InChI is InChI=1S/C9H14ClNO3/c1-7(12)11-2-3-14-6-8(11)4-9(13)5-10/h8H,2-6H2,1H3. The molecule has 1 atom stereocenters. The highest BCUT2D eigenvalue weighted by molar-refractivity contribution is 6.27. The number of hydrogen-bond donors (Lipinski definition) is 0. The van der Waals surface area contributed by atoms with Crippen LogP contribution in [0.15, 0.2) is 0 Å². The quantitative estimate of drug-likeness (QED) is 0.647. The van der Waals surface area contributed by atoms with Gasteiger partial charge in [-0.3, -0.25) is 9.59 Å². The van der Waals surface area contributed by atoms with Gasteiger partial charge in [0, 0.05) is 19.9 Å². The summed E-state index contributed by atoms with van der Waals surface area (Å²) in [6.07, 6.45) is 0.295. The third kappa shape index (κ3) is 2.96. The Morgan fingerprint density at radius 2 is 2.29 bits per heavy atom. The van der Waals surface area contributed by atoms with Gasteiger partial charge in [0.05, 0.1) is 25.1 Å². The average Bonchev–Trinajstić information content (AvgIpc) is 2.18. The molecule has 1 fully saturated rings. The van der Waals surface area contributed by atoms with E-state index in [-0.39, 0.29) is 23.6 Å². The van der Waals surface area contributed by atoms with Gasteiger partial charge < -0.3 is 9.64 Å². The van der Waals surface area contributed by atoms with Crippen molar-refractivity contribution in [2.24, 2.45) is 0 Å². The Morgan fingerprint density at radius 1 is 1.57 bits per heavy atom. The van der Waals surface area contributed by atoms with Crippen molar-refractivity contribution >= 4 is 23.3 Å². The molecule has 0 aliphatic carbocycles. The van der Waals surface area contributed by atoms with Crippen LogP contribution < -0.4 is 0 Å². The lowest BCUT2D eigenvalue weighted by Crippen LogP contribution is -2.48. The molecule has 0 N–H and O–H groups in total. The van der Waals surface area contributed by atoms with Crippen molar-refractivity contribution in [1.82, 2.24) is 4.90 Å². The summed E-state index contributed by atoms with van der Waals surface area (Å²) in [5.41, 5.74) is 0. The van der Waals surface area contributed by atoms with E-state index in [0.717, 1.165) is 0 Å². The van der Waals surface area contributed by atoms with Crippen molar-refractivity contribution in [2.45, 2.75) is 19.4 Å². The van der Waals surface area contributed by atoms with Crippen LogP contribution >= 0.6 is 11.6 Å². The molecule has 1 amide bonds. The van der Waals surface area contributed by atoms with E-state index in [1.807, 2.05) is 0 Å². The van der Waals surface area contributed by atoms with Gasteiger partial charge in [-0.2, -0.15) is 0 Å². The van der Waals surface area contributed by atoms with Gasteiger partial charge in [-0.25, -0.2) is 0 Å². The third-order valence-corrected chi connectivity index (χ3v) is 2.54. The second kappa shape index (κ2) is 5.32. The predicted octanol–water partition coefficient (Wildman–Crippen LogP) is 0.432. The Hall–Kier alpha value is -0.610. The van der Waals surface area contributed by atoms with Crippen LogP contribution in [-0.4, -0.2) is 48.3 Å². The largest absolute Gasteiger partial charge is 0.377 e. The fourth-order valence-electron chi connectivity index (χ4n) is 1.56. The second-order valence-corrected chi connectivity index (χ2v) is 3.58. The van der Waals surface area contributed by atoms with Crippen LogP contribution in [0.25, 0.3) is 0 Å². The van der Waals surface area contributed by atoms with E-state index in [9.17, 15) is 9.59 Å². The lowest BCUT2D eigenvalue weighted by molar-refractivity contribution is -0.138. The lowest BCUT2D eigenvalue weighted by atomic mass is 10.1. The van der Waals surface area contributed by atoms with Crippen LogP contribution in [0.4, 0.5) is 0 Å². The molecule has 0 aromatic heterocycles. The number of ether oxygens (including phenoxy) is 1. The van der Waals surface area contributed by atoms with Crippen molar-refractivity contribution < 1.29 is 14.3 Å². The topological polar surface area (TPSA) is 46.6 Å². The molecule has 0 spiro atoms. The van der Waals surface area contributed by atoms with Crippen molar-refractivity contribution in [1.29, 1.82) is 0 Å². The summed E-state index contributed by atoms with van der Waals surface area (Å²) in [7, 11) is 0. The summed E-state index contributed by atoms with van der Waals surface area (Å²) in [6, 6.07) is -0.132. The van der Waals surface area contributed by atoms with Gasteiger partial charge in [0.2, 0.25) is 5.91 Å². The van der Waals surface area contributed by atoms with Gasteiger partial charge in [-0.1, -0.05) is 0 Å². The average molecular weight is 220 g/mol. The predicted molar refractivity (Wildman–Crippen MR) is 52.3 cm³/mol. The number of Topliss-reactive ketones (excluding diaryl/α,β-unsaturated/α-hetero) is 1. The molecule has 0 aromatic carbocycles. The molecule has 1 aliphatic heterocycles. The molecule has 14 heavy (non-hydrogen) atoms. The Morgan fingerprint density at radius 3 is 2.86 bits per heavy atom. The minimum absolute atomic E-state index is 0.00223. The van der Waals surface area contributed by atoms with Crippen molar-refractivity contribution in [2.75, 3.05) is 25.6 Å². The van der Waals surface area contributed by atoms with Gasteiger partial charge in [0.1, 0.15) is 5.78 Å². The highest BCUT2D eigenvalue weighted by atomic mass is 35.5. The van der Waals surface area contributed by atoms with Gasteiger partial charge in [0.15, 0.2) is 0 Å². The molecule has 0 aromatic rings. The van der Waals surface area contributed by atoms with E-state index < -0.39 is 0 Å². The van der Waals surface area contributed by atoms with Gasteiger partial charge >= 0.3 is 0 Å². The number of hydrogen-bond acceptors (Lipinski definition) is 3. The Balaban J connectivity index is 2.54. The number of amides is 1. The first kappa shape index (κ1) is 11.5. The van der Waals surface area contributed by atoms with Crippen LogP contribution in [0.5, 0.6) is 0 Å². The van der Waals surface area contributed by atoms with E-state index in [0.29, 0.717) is 26.2 Å². The zero-order chi connectivity index (χ0) is 10.6. The van der Waals surface area contributed by atoms with E-state index >= 15 is 0 Å². The Labute approximate surface area is 88.2 Å². The highest BCUT2D eigenvalue weighted by Gasteiger charge is 2.26. The monoisotopic (exact) mass is 219 g/mol. The van der Waals surface area contributed by atoms with Crippen molar-refractivity contribution in [3.05, 3.63) is 0 Å². The fourth-order valence-corrected chi connectivity index (χ4v) is 1.66. The number of carbonyl (C=O) groups is 2. The van der Waals surface area contributed by atoms with E-state index in [1.54, 1.807) is 4.90 Å². The smallest absolute Gasteiger partial charge is 0.219 e. The van der Waals surface area contributed by atoms with Crippen molar-refractivity contribution in [3.8, 4) is 0 Å². The van der Waals surface area contributed by atoms with Gasteiger partial charge in [-0.05, 0) is 0 Å². The molecular weight excluding hydrogens is 206 g/mol. The van der Waals surface area contributed by atoms with E-state index in [4.69, 9.17) is 16.3 Å². The molecule has 4 nitrogen and oxygen atoms in total. The molecule has 1 rings (SSSR count). The number of morpholine rings is 1. The zero-order valence-corrected chi connectivity index (χ0v) is 8.92. The molecular formula is C9H14ClNO3. The number of alkyl halides is 1. The Bertz CT molecular complexity index is 232. The van der Waals surface area contributed by atoms with Crippen molar-refractivity contribution in [3.63, 3.8) is 0 Å². The van der Waals surface area contributed by atoms with Crippen LogP contribution in [0.2, 0.25) is 0 Å². The van der Waals surface area contributed by atoms with Crippen LogP contribution in [0, 0.1) is 0 Å². The maximum absolute atomic E-state index is 11.2. The fraction of sp³-hybridized carbons (Fsp3) is 0.778. The molecule has 5 heteroatoms. The summed E-state index contributed by atoms with van der Waals surface area (Å²) in [5, 5.41) is 0. The number of carbonyl (C=O) groups excluding carboxylic acids is 2. The number of ketones is 1. The molecule has 1 heterocycles. The first-order chi connectivity index (χ1) is 6.65. The normalized spacial score (nSPS) is 22.1. The molecule has 0 saturated carbocycles. The van der Waals surface area contributed by atoms with E-state index in [1.165, 1.54) is 6.92 Å². The molecule has 1 unspecified atom stereocenters. The summed E-state index contributed by atoms with van der Waals surface area (Å²) in [6.45, 7) is 3.05. The SMILES string of the molecule is CC(=O)N1CCOCC1CC(=O)CCl. The van der Waals surface area contributed by atoms with E-state index in [2.05, 4.69) is 0 Å². The van der Waals surface area contributed by atoms with Crippen LogP contribution in [0.1, 0.15) is 13.3 Å². The molecule has 0 radical (unpaired) electrons. The highest BCUT2D eigenvalue weighted by Crippen LogP contribution is 2.11. The molecule has 0 bridgehead atoms. The summed E-state index contributed by atoms with van der Waals surface area (Å²) in [5.74, 6) is -0.0588. The molecule has 1 aliphatic rings. The number of rotatable bonds is 3. The summed E-state index contributed by atoms with van der Waals surface area (Å²) >= 11 is 5.40. The Kier molecular flexibility index (Phi) is 4.35. The minimum atomic E-state index is -0.132. The molecule has 1 saturated heterocycles. The van der Waals surface area contributed by atoms with Gasteiger partial charge in [0.25, 0.3) is 0 Å². The summed E-state index contributed by atoms with van der Waals surface area (Å²) < 4.78 is 5.22. The number of halogens is 1. The first-order valence-electron chi connectivity index (χ1n) is 4.57. The first-order valence-corrected chi connectivity index (χ1v) is 5.11. The lowest BCUT2D eigenvalue weighted by Gasteiger charge is -2.34. The maximum atomic E-state index is 11.2. The van der Waals surface area contributed by atoms with Crippen LogP contribution in [-0.2, 0) is 14.3 Å². The second-order valence-electron chi connectivity index (χ2n) is 3.32. The van der Waals surface area contributed by atoms with Crippen LogP contribution in [0.3, 0.4) is 0 Å². The van der Waals surface area contributed by atoms with Gasteiger partial charge in [-0.15, -0.1) is 11.6 Å². The zero-order valence-electron chi connectivity index (χ0n) is 8.16. The third-order valence-electron chi connectivity index (χ3n) is 2.24. The number of nitrogens with zero attached hydrogens (tertiary/aromatic N) is 1. The summed E-state index contributed by atoms with van der Waals surface area (Å²) in [4.78, 5) is 24.0. The molecule has 80 valence electrons.